The standard InChI is InChI=1S/C21H21F3N6O3S/c1-32-16-5-3-15(4-6-16)30-20(26-27-28-30)34-13-19(31)25-17-7-2-14(21(22,23)24)12-18(17)29-8-10-33-11-9-29/h2-7,12H,8-11,13H2,1H3,(H,25,31). The molecule has 1 aliphatic rings. The molecule has 2 heterocycles. The van der Waals surface area contributed by atoms with Gasteiger partial charge in [0.25, 0.3) is 0 Å². The van der Waals surface area contributed by atoms with Gasteiger partial charge in [-0.25, -0.2) is 0 Å². The number of nitrogens with one attached hydrogen (secondary N) is 1. The molecular formula is C21H21F3N6O3S. The van der Waals surface area contributed by atoms with Crippen molar-refractivity contribution < 1.29 is 27.4 Å². The summed E-state index contributed by atoms with van der Waals surface area (Å²) in [4.78, 5) is 14.4. The fourth-order valence-corrected chi connectivity index (χ4v) is 4.04. The van der Waals surface area contributed by atoms with E-state index in [-0.39, 0.29) is 5.75 Å². The molecule has 0 radical (unpaired) electrons. The average Bonchev–Trinajstić information content (AvgIpc) is 3.31. The number of nitrogens with zero attached hydrogens (tertiary/aromatic N) is 5. The fourth-order valence-electron chi connectivity index (χ4n) is 3.35. The first kappa shape index (κ1) is 23.8. The molecule has 1 N–H and O–H groups in total. The van der Waals surface area contributed by atoms with Crippen LogP contribution in [-0.4, -0.2) is 65.3 Å². The second-order valence-electron chi connectivity index (χ2n) is 7.24. The molecule has 1 fully saturated rings. The number of hydrogen-bond donors (Lipinski definition) is 1. The predicted molar refractivity (Wildman–Crippen MR) is 120 cm³/mol. The number of carbonyl (C=O) groups is 1. The van der Waals surface area contributed by atoms with Crippen LogP contribution in [0.2, 0.25) is 0 Å². The number of amides is 1. The molecule has 13 heteroatoms. The minimum Gasteiger partial charge on any atom is -0.497 e. The van der Waals surface area contributed by atoms with E-state index in [4.69, 9.17) is 9.47 Å². The number of halogens is 3. The van der Waals surface area contributed by atoms with E-state index < -0.39 is 17.6 Å². The lowest BCUT2D eigenvalue weighted by atomic mass is 10.1. The second kappa shape index (κ2) is 10.3. The molecule has 1 aliphatic heterocycles. The van der Waals surface area contributed by atoms with Crippen molar-refractivity contribution in [3.63, 3.8) is 0 Å². The van der Waals surface area contributed by atoms with Crippen LogP contribution in [0, 0.1) is 0 Å². The first-order valence-electron chi connectivity index (χ1n) is 10.2. The Hall–Kier alpha value is -3.32. The molecular weight excluding hydrogens is 473 g/mol. The first-order chi connectivity index (χ1) is 16.3. The molecule has 0 aliphatic carbocycles. The molecule has 3 aromatic rings. The molecule has 2 aromatic carbocycles. The Balaban J connectivity index is 1.47. The number of ether oxygens (including phenoxy) is 2. The monoisotopic (exact) mass is 494 g/mol. The van der Waals surface area contributed by atoms with Crippen LogP contribution in [0.3, 0.4) is 0 Å². The van der Waals surface area contributed by atoms with Gasteiger partial charge in [-0.3, -0.25) is 4.79 Å². The quantitative estimate of drug-likeness (QED) is 0.501. The predicted octanol–water partition coefficient (Wildman–Crippen LogP) is 3.26. The molecule has 4 rings (SSSR count). The molecule has 1 amide bonds. The average molecular weight is 494 g/mol. The Kier molecular flexibility index (Phi) is 7.22. The van der Waals surface area contributed by atoms with Crippen LogP contribution in [0.1, 0.15) is 5.56 Å². The number of aromatic nitrogens is 4. The largest absolute Gasteiger partial charge is 0.497 e. The van der Waals surface area contributed by atoms with Crippen molar-refractivity contribution >= 4 is 29.0 Å². The van der Waals surface area contributed by atoms with Gasteiger partial charge in [0.2, 0.25) is 11.1 Å². The molecule has 0 atom stereocenters. The Morgan fingerprint density at radius 3 is 2.59 bits per heavy atom. The van der Waals surface area contributed by atoms with E-state index in [1.807, 2.05) is 0 Å². The van der Waals surface area contributed by atoms with Gasteiger partial charge in [-0.15, -0.1) is 5.10 Å². The van der Waals surface area contributed by atoms with Crippen molar-refractivity contribution in [2.45, 2.75) is 11.3 Å². The zero-order chi connectivity index (χ0) is 24.1. The van der Waals surface area contributed by atoms with Gasteiger partial charge < -0.3 is 19.7 Å². The molecule has 0 saturated carbocycles. The maximum atomic E-state index is 13.3. The van der Waals surface area contributed by atoms with E-state index in [0.717, 1.165) is 23.9 Å². The van der Waals surface area contributed by atoms with Crippen LogP contribution in [0.15, 0.2) is 47.6 Å². The lowest BCUT2D eigenvalue weighted by Gasteiger charge is -2.31. The van der Waals surface area contributed by atoms with Crippen molar-refractivity contribution in [3.8, 4) is 11.4 Å². The Morgan fingerprint density at radius 2 is 1.91 bits per heavy atom. The highest BCUT2D eigenvalue weighted by Crippen LogP contribution is 2.36. The third-order valence-corrected chi connectivity index (χ3v) is 5.96. The lowest BCUT2D eigenvalue weighted by Crippen LogP contribution is -2.37. The van der Waals surface area contributed by atoms with Crippen LogP contribution < -0.4 is 15.0 Å². The normalized spacial score (nSPS) is 14.2. The number of benzene rings is 2. The molecule has 1 saturated heterocycles. The van der Waals surface area contributed by atoms with Crippen LogP contribution in [0.25, 0.3) is 5.69 Å². The third-order valence-electron chi connectivity index (χ3n) is 5.04. The summed E-state index contributed by atoms with van der Waals surface area (Å²) in [5.74, 6) is 0.238. The summed E-state index contributed by atoms with van der Waals surface area (Å²) >= 11 is 1.10. The van der Waals surface area contributed by atoms with Gasteiger partial charge in [0.05, 0.1) is 48.7 Å². The van der Waals surface area contributed by atoms with Gasteiger partial charge in [-0.1, -0.05) is 11.8 Å². The summed E-state index contributed by atoms with van der Waals surface area (Å²) in [6.45, 7) is 1.64. The van der Waals surface area contributed by atoms with Crippen LogP contribution in [-0.2, 0) is 15.7 Å². The molecule has 0 unspecified atom stereocenters. The minimum atomic E-state index is -4.49. The fraction of sp³-hybridized carbons (Fsp3) is 0.333. The maximum absolute atomic E-state index is 13.3. The second-order valence-corrected chi connectivity index (χ2v) is 8.18. The Labute approximate surface area is 197 Å². The highest BCUT2D eigenvalue weighted by atomic mass is 32.2. The zero-order valence-corrected chi connectivity index (χ0v) is 18.9. The number of morpholine rings is 1. The highest BCUT2D eigenvalue weighted by molar-refractivity contribution is 7.99. The topological polar surface area (TPSA) is 94.4 Å². The summed E-state index contributed by atoms with van der Waals surface area (Å²) in [7, 11) is 1.56. The Bertz CT molecular complexity index is 1130. The van der Waals surface area contributed by atoms with Gasteiger partial charge in [-0.2, -0.15) is 17.9 Å². The van der Waals surface area contributed by atoms with E-state index in [1.165, 1.54) is 10.7 Å². The SMILES string of the molecule is COc1ccc(-n2nnnc2SCC(=O)Nc2ccc(C(F)(F)F)cc2N2CCOCC2)cc1. The van der Waals surface area contributed by atoms with Gasteiger partial charge in [0.15, 0.2) is 0 Å². The van der Waals surface area contributed by atoms with Crippen molar-refractivity contribution in [2.75, 3.05) is 49.4 Å². The van der Waals surface area contributed by atoms with E-state index in [0.29, 0.717) is 54.3 Å². The van der Waals surface area contributed by atoms with Gasteiger partial charge in [0.1, 0.15) is 5.75 Å². The molecule has 180 valence electrons. The summed E-state index contributed by atoms with van der Waals surface area (Å²) < 4.78 is 51.7. The lowest BCUT2D eigenvalue weighted by molar-refractivity contribution is -0.137. The van der Waals surface area contributed by atoms with E-state index in [2.05, 4.69) is 20.8 Å². The van der Waals surface area contributed by atoms with Crippen LogP contribution >= 0.6 is 11.8 Å². The smallest absolute Gasteiger partial charge is 0.416 e. The minimum absolute atomic E-state index is 0.0416. The van der Waals surface area contributed by atoms with Gasteiger partial charge in [0, 0.05) is 13.1 Å². The number of methoxy groups -OCH3 is 1. The molecule has 1 aromatic heterocycles. The number of rotatable bonds is 7. The van der Waals surface area contributed by atoms with E-state index >= 15 is 0 Å². The van der Waals surface area contributed by atoms with Crippen molar-refractivity contribution in [1.29, 1.82) is 0 Å². The number of thioether (sulfide) groups is 1. The highest BCUT2D eigenvalue weighted by Gasteiger charge is 2.32. The number of tetrazole rings is 1. The molecule has 9 nitrogen and oxygen atoms in total. The number of hydrogen-bond acceptors (Lipinski definition) is 8. The third kappa shape index (κ3) is 5.59. The zero-order valence-electron chi connectivity index (χ0n) is 18.1. The number of carbonyl (C=O) groups excluding carboxylic acids is 1. The summed E-state index contributed by atoms with van der Waals surface area (Å²) in [5.41, 5.74) is 0.515. The van der Waals surface area contributed by atoms with Crippen molar-refractivity contribution in [2.24, 2.45) is 0 Å². The number of alkyl halides is 3. The van der Waals surface area contributed by atoms with Crippen LogP contribution in [0.4, 0.5) is 24.5 Å². The molecule has 0 bridgehead atoms. The first-order valence-corrected chi connectivity index (χ1v) is 11.2. The summed E-state index contributed by atoms with van der Waals surface area (Å²) in [6.07, 6.45) is -4.49. The molecule has 34 heavy (non-hydrogen) atoms. The van der Waals surface area contributed by atoms with Crippen molar-refractivity contribution in [3.05, 3.63) is 48.0 Å². The molecule has 0 spiro atoms. The summed E-state index contributed by atoms with van der Waals surface area (Å²) in [5, 5.41) is 14.7. The van der Waals surface area contributed by atoms with Crippen molar-refractivity contribution in [1.82, 2.24) is 20.2 Å². The van der Waals surface area contributed by atoms with Crippen LogP contribution in [0.5, 0.6) is 5.75 Å². The van der Waals surface area contributed by atoms with E-state index in [1.54, 1.807) is 36.3 Å². The van der Waals surface area contributed by atoms with Gasteiger partial charge >= 0.3 is 6.18 Å². The number of anilines is 2. The Morgan fingerprint density at radius 1 is 1.18 bits per heavy atom. The maximum Gasteiger partial charge on any atom is 0.416 e. The summed E-state index contributed by atoms with van der Waals surface area (Å²) in [6, 6.07) is 10.4. The van der Waals surface area contributed by atoms with Gasteiger partial charge in [-0.05, 0) is 52.9 Å². The van der Waals surface area contributed by atoms with E-state index in [9.17, 15) is 18.0 Å².